The van der Waals surface area contributed by atoms with Gasteiger partial charge in [0.05, 0.1) is 12.6 Å². The number of imidazole rings is 1. The van der Waals surface area contributed by atoms with E-state index >= 15 is 0 Å². The summed E-state index contributed by atoms with van der Waals surface area (Å²) < 4.78 is 18.2. The molecule has 0 bridgehead atoms. The summed E-state index contributed by atoms with van der Waals surface area (Å²) in [6.45, 7) is 0.717. The van der Waals surface area contributed by atoms with Crippen molar-refractivity contribution in [1.82, 2.24) is 9.55 Å². The Labute approximate surface area is 108 Å². The Morgan fingerprint density at radius 2 is 2.28 bits per heavy atom. The third-order valence-corrected chi connectivity index (χ3v) is 3.67. The molecular formula is C12H17N3O2S. The van der Waals surface area contributed by atoms with Crippen LogP contribution in [0.25, 0.3) is 11.0 Å². The molecule has 0 amide bonds. The molecule has 98 valence electrons. The summed E-state index contributed by atoms with van der Waals surface area (Å²) >= 11 is 0. The molecule has 0 aliphatic rings. The summed E-state index contributed by atoms with van der Waals surface area (Å²) in [6, 6.07) is 5.74. The molecule has 0 radical (unpaired) electrons. The van der Waals surface area contributed by atoms with Gasteiger partial charge in [-0.25, -0.2) is 4.98 Å². The van der Waals surface area contributed by atoms with E-state index in [4.69, 9.17) is 10.5 Å². The number of ether oxygens (including phenoxy) is 1. The third-order valence-electron chi connectivity index (χ3n) is 2.80. The molecule has 18 heavy (non-hydrogen) atoms. The molecule has 6 heteroatoms. The molecule has 0 spiro atoms. The monoisotopic (exact) mass is 267 g/mol. The minimum atomic E-state index is -0.773. The zero-order chi connectivity index (χ0) is 13.1. The Kier molecular flexibility index (Phi) is 3.86. The van der Waals surface area contributed by atoms with Crippen LogP contribution < -0.4 is 10.5 Å². The van der Waals surface area contributed by atoms with Crippen LogP contribution in [0.3, 0.4) is 0 Å². The summed E-state index contributed by atoms with van der Waals surface area (Å²) in [5, 5.41) is 0. The van der Waals surface area contributed by atoms with Gasteiger partial charge >= 0.3 is 0 Å². The van der Waals surface area contributed by atoms with Gasteiger partial charge in [0.25, 0.3) is 0 Å². The highest BCUT2D eigenvalue weighted by atomic mass is 32.2. The van der Waals surface area contributed by atoms with Gasteiger partial charge in [0.15, 0.2) is 0 Å². The highest BCUT2D eigenvalue weighted by Gasteiger charge is 2.11. The summed E-state index contributed by atoms with van der Waals surface area (Å²) in [5.74, 6) is 1.86. The second-order valence-corrected chi connectivity index (χ2v) is 5.64. The molecule has 2 aromatic rings. The molecular weight excluding hydrogens is 250 g/mol. The Morgan fingerprint density at radius 3 is 2.94 bits per heavy atom. The molecule has 0 aliphatic carbocycles. The molecule has 0 aliphatic heterocycles. The zero-order valence-electron chi connectivity index (χ0n) is 10.5. The number of aromatic nitrogens is 2. The van der Waals surface area contributed by atoms with Crippen LogP contribution in [0.4, 0.5) is 5.95 Å². The van der Waals surface area contributed by atoms with Crippen molar-refractivity contribution in [3.63, 3.8) is 0 Å². The average molecular weight is 267 g/mol. The number of nitrogens with two attached hydrogens (primary N) is 1. The van der Waals surface area contributed by atoms with Crippen molar-refractivity contribution in [3.05, 3.63) is 18.2 Å². The Hall–Kier alpha value is -1.56. The number of nitrogens with zero attached hydrogens (tertiary/aromatic N) is 2. The van der Waals surface area contributed by atoms with Crippen LogP contribution in [-0.2, 0) is 17.3 Å². The highest BCUT2D eigenvalue weighted by molar-refractivity contribution is 7.84. The molecule has 1 aromatic carbocycles. The number of anilines is 1. The lowest BCUT2D eigenvalue weighted by Crippen LogP contribution is -2.06. The molecule has 2 rings (SSSR count). The number of fused-ring (bicyclic) bond motifs is 1. The van der Waals surface area contributed by atoms with Gasteiger partial charge in [-0.3, -0.25) is 4.21 Å². The minimum absolute atomic E-state index is 0.469. The van der Waals surface area contributed by atoms with Crippen LogP contribution in [0, 0.1) is 0 Å². The summed E-state index contributed by atoms with van der Waals surface area (Å²) in [4.78, 5) is 4.32. The first-order chi connectivity index (χ1) is 8.63. The van der Waals surface area contributed by atoms with E-state index in [0.717, 1.165) is 29.7 Å². The minimum Gasteiger partial charge on any atom is -0.494 e. The SMILES string of the molecule is COc1cccc2c1nc(N)n2CCCS(C)=O. The lowest BCUT2D eigenvalue weighted by atomic mass is 10.3. The maximum absolute atomic E-state index is 11.1. The fourth-order valence-corrected chi connectivity index (χ4v) is 2.50. The maximum atomic E-state index is 11.1. The number of aryl methyl sites for hydroxylation is 1. The van der Waals surface area contributed by atoms with Gasteiger partial charge in [0.2, 0.25) is 5.95 Å². The van der Waals surface area contributed by atoms with Gasteiger partial charge in [-0.05, 0) is 18.6 Å². The smallest absolute Gasteiger partial charge is 0.201 e. The second kappa shape index (κ2) is 5.39. The zero-order valence-corrected chi connectivity index (χ0v) is 11.4. The standard InChI is InChI=1S/C12H17N3O2S/c1-17-10-6-3-5-9-11(10)14-12(13)15(9)7-4-8-18(2)16/h3,5-6H,4,7-8H2,1-2H3,(H2,13,14). The Morgan fingerprint density at radius 1 is 1.50 bits per heavy atom. The lowest BCUT2D eigenvalue weighted by molar-refractivity contribution is 0.419. The van der Waals surface area contributed by atoms with Crippen LogP contribution in [0.5, 0.6) is 5.75 Å². The van der Waals surface area contributed by atoms with E-state index < -0.39 is 10.8 Å². The molecule has 1 heterocycles. The summed E-state index contributed by atoms with van der Waals surface area (Å²) in [7, 11) is 0.843. The van der Waals surface area contributed by atoms with Crippen molar-refractivity contribution in [1.29, 1.82) is 0 Å². The molecule has 2 N–H and O–H groups in total. The highest BCUT2D eigenvalue weighted by Crippen LogP contribution is 2.26. The molecule has 1 unspecified atom stereocenters. The molecule has 0 fully saturated rings. The van der Waals surface area contributed by atoms with Crippen LogP contribution in [0.1, 0.15) is 6.42 Å². The van der Waals surface area contributed by atoms with Crippen LogP contribution in [0.15, 0.2) is 18.2 Å². The fourth-order valence-electron chi connectivity index (χ4n) is 1.96. The first-order valence-electron chi connectivity index (χ1n) is 5.72. The van der Waals surface area contributed by atoms with E-state index in [-0.39, 0.29) is 0 Å². The first kappa shape index (κ1) is 12.9. The fraction of sp³-hybridized carbons (Fsp3) is 0.417. The number of hydrogen-bond acceptors (Lipinski definition) is 4. The van der Waals surface area contributed by atoms with Crippen molar-refractivity contribution < 1.29 is 8.95 Å². The average Bonchev–Trinajstić information content (AvgIpc) is 2.65. The van der Waals surface area contributed by atoms with Gasteiger partial charge in [0, 0.05) is 29.4 Å². The van der Waals surface area contributed by atoms with Crippen molar-refractivity contribution >= 4 is 27.8 Å². The van der Waals surface area contributed by atoms with Crippen LogP contribution in [0.2, 0.25) is 0 Å². The van der Waals surface area contributed by atoms with Gasteiger partial charge in [-0.1, -0.05) is 6.07 Å². The number of nitrogen functional groups attached to an aromatic ring is 1. The van der Waals surface area contributed by atoms with Crippen molar-refractivity contribution in [2.45, 2.75) is 13.0 Å². The van der Waals surface area contributed by atoms with E-state index in [9.17, 15) is 4.21 Å². The molecule has 0 saturated carbocycles. The van der Waals surface area contributed by atoms with E-state index in [1.165, 1.54) is 0 Å². The quantitative estimate of drug-likeness (QED) is 0.889. The van der Waals surface area contributed by atoms with Gasteiger partial charge in [-0.2, -0.15) is 0 Å². The summed E-state index contributed by atoms with van der Waals surface area (Å²) in [6.07, 6.45) is 2.52. The molecule has 1 atom stereocenters. The van der Waals surface area contributed by atoms with Crippen LogP contribution in [-0.4, -0.2) is 32.9 Å². The largest absolute Gasteiger partial charge is 0.494 e. The lowest BCUT2D eigenvalue weighted by Gasteiger charge is -2.06. The number of methoxy groups -OCH3 is 1. The van der Waals surface area contributed by atoms with Gasteiger partial charge < -0.3 is 15.0 Å². The number of benzene rings is 1. The maximum Gasteiger partial charge on any atom is 0.201 e. The van der Waals surface area contributed by atoms with Crippen LogP contribution >= 0.6 is 0 Å². The van der Waals surface area contributed by atoms with E-state index in [0.29, 0.717) is 11.7 Å². The number of para-hydroxylation sites is 1. The van der Waals surface area contributed by atoms with E-state index in [1.807, 2.05) is 22.8 Å². The molecule has 1 aromatic heterocycles. The third kappa shape index (κ3) is 2.48. The predicted octanol–water partition coefficient (Wildman–Crippen LogP) is 1.40. The normalized spacial score (nSPS) is 12.8. The van der Waals surface area contributed by atoms with Crippen molar-refractivity contribution in [2.24, 2.45) is 0 Å². The van der Waals surface area contributed by atoms with Crippen molar-refractivity contribution in [3.8, 4) is 5.75 Å². The van der Waals surface area contributed by atoms with E-state index in [1.54, 1.807) is 13.4 Å². The van der Waals surface area contributed by atoms with Crippen molar-refractivity contribution in [2.75, 3.05) is 24.9 Å². The Balaban J connectivity index is 2.32. The predicted molar refractivity (Wildman–Crippen MR) is 74.2 cm³/mol. The topological polar surface area (TPSA) is 70.1 Å². The first-order valence-corrected chi connectivity index (χ1v) is 7.45. The second-order valence-electron chi connectivity index (χ2n) is 4.08. The molecule has 5 nitrogen and oxygen atoms in total. The van der Waals surface area contributed by atoms with Gasteiger partial charge in [0.1, 0.15) is 11.3 Å². The Bertz CT molecular complexity index is 580. The summed E-state index contributed by atoms with van der Waals surface area (Å²) in [5.41, 5.74) is 7.64. The number of hydrogen-bond donors (Lipinski definition) is 1. The number of rotatable bonds is 5. The van der Waals surface area contributed by atoms with E-state index in [2.05, 4.69) is 4.98 Å². The van der Waals surface area contributed by atoms with Gasteiger partial charge in [-0.15, -0.1) is 0 Å². The molecule has 0 saturated heterocycles.